The van der Waals surface area contributed by atoms with E-state index in [-0.39, 0.29) is 11.8 Å². The normalized spacial score (nSPS) is 14.1. The summed E-state index contributed by atoms with van der Waals surface area (Å²) in [5, 5.41) is 2.96. The number of ether oxygens (including phenoxy) is 2. The van der Waals surface area contributed by atoms with Gasteiger partial charge in [0.05, 0.1) is 20.3 Å². The first kappa shape index (κ1) is 23.6. The van der Waals surface area contributed by atoms with Crippen LogP contribution in [0.3, 0.4) is 0 Å². The van der Waals surface area contributed by atoms with Crippen molar-refractivity contribution in [3.05, 3.63) is 59.7 Å². The summed E-state index contributed by atoms with van der Waals surface area (Å²) in [7, 11) is 1.58. The number of nitrogens with one attached hydrogen (secondary N) is 1. The summed E-state index contributed by atoms with van der Waals surface area (Å²) in [5.74, 6) is 1.19. The van der Waals surface area contributed by atoms with Gasteiger partial charge in [-0.15, -0.1) is 0 Å². The fourth-order valence-corrected chi connectivity index (χ4v) is 3.59. The lowest BCUT2D eigenvalue weighted by molar-refractivity contribution is -0.122. The van der Waals surface area contributed by atoms with Crippen LogP contribution in [0.5, 0.6) is 11.5 Å². The highest BCUT2D eigenvalue weighted by Gasteiger charge is 2.24. The molecule has 32 heavy (non-hydrogen) atoms. The monoisotopic (exact) mass is 439 g/mol. The van der Waals surface area contributed by atoms with E-state index >= 15 is 0 Å². The minimum atomic E-state index is -0.0309. The zero-order valence-electron chi connectivity index (χ0n) is 19.0. The molecule has 2 aromatic carbocycles. The van der Waals surface area contributed by atoms with Crippen LogP contribution in [-0.4, -0.2) is 68.1 Å². The topological polar surface area (TPSA) is 71.1 Å². The summed E-state index contributed by atoms with van der Waals surface area (Å²) in [4.78, 5) is 29.1. The van der Waals surface area contributed by atoms with Gasteiger partial charge in [-0.1, -0.05) is 43.7 Å². The van der Waals surface area contributed by atoms with Crippen LogP contribution in [0.2, 0.25) is 0 Å². The number of amides is 2. The Labute approximate surface area is 190 Å². The third-order valence-corrected chi connectivity index (χ3v) is 5.53. The first-order valence-electron chi connectivity index (χ1n) is 11.2. The van der Waals surface area contributed by atoms with E-state index in [1.165, 1.54) is 0 Å². The minimum absolute atomic E-state index is 0.00275. The molecule has 7 heteroatoms. The van der Waals surface area contributed by atoms with E-state index in [4.69, 9.17) is 9.47 Å². The molecule has 1 aliphatic rings. The minimum Gasteiger partial charge on any atom is -0.493 e. The van der Waals surface area contributed by atoms with E-state index < -0.39 is 0 Å². The number of benzene rings is 2. The Balaban J connectivity index is 1.47. The van der Waals surface area contributed by atoms with Crippen LogP contribution in [0.25, 0.3) is 0 Å². The molecule has 0 spiro atoms. The highest BCUT2D eigenvalue weighted by atomic mass is 16.5. The van der Waals surface area contributed by atoms with Crippen molar-refractivity contribution >= 4 is 11.8 Å². The van der Waals surface area contributed by atoms with Gasteiger partial charge in [0.1, 0.15) is 0 Å². The fraction of sp³-hybridized carbons (Fsp3) is 0.440. The van der Waals surface area contributed by atoms with E-state index in [2.05, 4.69) is 17.1 Å². The molecule has 1 aliphatic heterocycles. The number of piperazine rings is 1. The summed E-state index contributed by atoms with van der Waals surface area (Å²) in [6.07, 6.45) is 2.03. The number of nitrogens with zero attached hydrogens (tertiary/aromatic N) is 2. The molecule has 1 fully saturated rings. The van der Waals surface area contributed by atoms with Crippen molar-refractivity contribution in [2.24, 2.45) is 0 Å². The summed E-state index contributed by atoms with van der Waals surface area (Å²) >= 11 is 0. The van der Waals surface area contributed by atoms with Gasteiger partial charge in [-0.25, -0.2) is 0 Å². The van der Waals surface area contributed by atoms with Crippen LogP contribution in [0.1, 0.15) is 35.7 Å². The zero-order chi connectivity index (χ0) is 22.8. The predicted molar refractivity (Wildman–Crippen MR) is 124 cm³/mol. The van der Waals surface area contributed by atoms with Crippen molar-refractivity contribution in [2.45, 2.75) is 26.3 Å². The maximum Gasteiger partial charge on any atom is 0.254 e. The Morgan fingerprint density at radius 3 is 2.44 bits per heavy atom. The van der Waals surface area contributed by atoms with Crippen LogP contribution in [-0.2, 0) is 11.3 Å². The standard InChI is InChI=1S/C25H33N3O4/c1-3-4-16-32-22-11-10-21(17-23(22)31-2)25(30)28-14-12-27(13-15-28)19-24(29)26-18-20-8-6-5-7-9-20/h5-11,17H,3-4,12-16,18-19H2,1-2H3,(H,26,29). The number of hydrogen-bond donors (Lipinski definition) is 1. The number of unbranched alkanes of at least 4 members (excludes halogenated alkanes) is 1. The smallest absolute Gasteiger partial charge is 0.254 e. The summed E-state index contributed by atoms with van der Waals surface area (Å²) < 4.78 is 11.2. The average molecular weight is 440 g/mol. The van der Waals surface area contributed by atoms with E-state index in [1.54, 1.807) is 25.3 Å². The molecule has 1 N–H and O–H groups in total. The van der Waals surface area contributed by atoms with Gasteiger partial charge in [0.15, 0.2) is 11.5 Å². The van der Waals surface area contributed by atoms with Gasteiger partial charge in [-0.05, 0) is 30.2 Å². The number of carbonyl (C=O) groups is 2. The SMILES string of the molecule is CCCCOc1ccc(C(=O)N2CCN(CC(=O)NCc3ccccc3)CC2)cc1OC. The summed E-state index contributed by atoms with van der Waals surface area (Å²) in [6.45, 7) is 6.11. The van der Waals surface area contributed by atoms with Gasteiger partial charge in [0, 0.05) is 38.3 Å². The van der Waals surface area contributed by atoms with E-state index in [0.717, 1.165) is 18.4 Å². The Hall–Kier alpha value is -3.06. The molecule has 0 atom stereocenters. The van der Waals surface area contributed by atoms with Crippen molar-refractivity contribution in [2.75, 3.05) is 46.4 Å². The van der Waals surface area contributed by atoms with Gasteiger partial charge >= 0.3 is 0 Å². The Morgan fingerprint density at radius 1 is 1.00 bits per heavy atom. The molecule has 2 aromatic rings. The lowest BCUT2D eigenvalue weighted by Crippen LogP contribution is -2.51. The molecule has 3 rings (SSSR count). The van der Waals surface area contributed by atoms with Crippen LogP contribution >= 0.6 is 0 Å². The second-order valence-electron chi connectivity index (χ2n) is 7.90. The fourth-order valence-electron chi connectivity index (χ4n) is 3.59. The zero-order valence-corrected chi connectivity index (χ0v) is 19.0. The van der Waals surface area contributed by atoms with Crippen LogP contribution < -0.4 is 14.8 Å². The molecule has 0 saturated carbocycles. The van der Waals surface area contributed by atoms with Crippen molar-refractivity contribution < 1.29 is 19.1 Å². The number of rotatable bonds is 10. The van der Waals surface area contributed by atoms with Crippen molar-refractivity contribution in [1.82, 2.24) is 15.1 Å². The van der Waals surface area contributed by atoms with Crippen LogP contribution in [0.15, 0.2) is 48.5 Å². The molecular formula is C25H33N3O4. The van der Waals surface area contributed by atoms with Gasteiger partial charge in [-0.3, -0.25) is 14.5 Å². The highest BCUT2D eigenvalue weighted by molar-refractivity contribution is 5.95. The van der Waals surface area contributed by atoms with Gasteiger partial charge in [0.2, 0.25) is 5.91 Å². The number of hydrogen-bond acceptors (Lipinski definition) is 5. The molecule has 2 amide bonds. The molecule has 0 aromatic heterocycles. The Bertz CT molecular complexity index is 880. The molecule has 0 aliphatic carbocycles. The van der Waals surface area contributed by atoms with Crippen molar-refractivity contribution in [1.29, 1.82) is 0 Å². The number of carbonyl (C=O) groups excluding carboxylic acids is 2. The number of methoxy groups -OCH3 is 1. The van der Waals surface area contributed by atoms with E-state index in [1.807, 2.05) is 35.2 Å². The molecule has 172 valence electrons. The average Bonchev–Trinajstić information content (AvgIpc) is 2.84. The van der Waals surface area contributed by atoms with Crippen molar-refractivity contribution in [3.8, 4) is 11.5 Å². The Morgan fingerprint density at radius 2 is 1.75 bits per heavy atom. The maximum absolute atomic E-state index is 13.0. The third-order valence-electron chi connectivity index (χ3n) is 5.53. The lowest BCUT2D eigenvalue weighted by atomic mass is 10.1. The molecule has 1 saturated heterocycles. The van der Waals surface area contributed by atoms with E-state index in [9.17, 15) is 9.59 Å². The second kappa shape index (κ2) is 12.1. The summed E-state index contributed by atoms with van der Waals surface area (Å²) in [6, 6.07) is 15.2. The van der Waals surface area contributed by atoms with Crippen LogP contribution in [0, 0.1) is 0 Å². The first-order chi connectivity index (χ1) is 15.6. The second-order valence-corrected chi connectivity index (χ2v) is 7.90. The quantitative estimate of drug-likeness (QED) is 0.577. The van der Waals surface area contributed by atoms with Gasteiger partial charge < -0.3 is 19.7 Å². The highest BCUT2D eigenvalue weighted by Crippen LogP contribution is 2.29. The van der Waals surface area contributed by atoms with Crippen molar-refractivity contribution in [3.63, 3.8) is 0 Å². The Kier molecular flexibility index (Phi) is 8.92. The maximum atomic E-state index is 13.0. The lowest BCUT2D eigenvalue weighted by Gasteiger charge is -2.34. The summed E-state index contributed by atoms with van der Waals surface area (Å²) in [5.41, 5.74) is 1.66. The predicted octanol–water partition coefficient (Wildman–Crippen LogP) is 2.95. The van der Waals surface area contributed by atoms with Gasteiger partial charge in [-0.2, -0.15) is 0 Å². The molecular weight excluding hydrogens is 406 g/mol. The molecule has 0 bridgehead atoms. The molecule has 0 radical (unpaired) electrons. The van der Waals surface area contributed by atoms with Crippen LogP contribution in [0.4, 0.5) is 0 Å². The van der Waals surface area contributed by atoms with E-state index in [0.29, 0.717) is 62.9 Å². The third kappa shape index (κ3) is 6.72. The van der Waals surface area contributed by atoms with Gasteiger partial charge in [0.25, 0.3) is 5.91 Å². The molecule has 0 unspecified atom stereocenters. The largest absolute Gasteiger partial charge is 0.493 e. The molecule has 1 heterocycles. The first-order valence-corrected chi connectivity index (χ1v) is 11.2. The molecule has 7 nitrogen and oxygen atoms in total.